The molecule has 0 radical (unpaired) electrons. The monoisotopic (exact) mass is 390 g/mol. The second kappa shape index (κ2) is 9.07. The Morgan fingerprint density at radius 1 is 1.25 bits per heavy atom. The first kappa shape index (κ1) is 20.8. The van der Waals surface area contributed by atoms with Gasteiger partial charge in [-0.15, -0.1) is 0 Å². The Morgan fingerprint density at radius 2 is 2.00 bits per heavy atom. The molecule has 0 N–H and O–H groups in total. The molecule has 1 saturated carbocycles. The molecule has 2 amide bonds. The van der Waals surface area contributed by atoms with Gasteiger partial charge in [0.15, 0.2) is 0 Å². The molecule has 0 bridgehead atoms. The quantitative estimate of drug-likeness (QED) is 0.718. The highest BCUT2D eigenvalue weighted by Gasteiger charge is 2.34. The van der Waals surface area contributed by atoms with E-state index in [1.807, 2.05) is 34.4 Å². The molecule has 156 valence electrons. The Bertz CT molecular complexity index is 683. The standard InChI is InChI=1S/C21H34N4O3/c1-15(2)9-13-28-17(4)20(26)23-11-12-24(16(3)14-23)21(27)19-8-10-22-25(19)18-6-5-7-18/h8,10,15-18H,5-7,9,11-14H2,1-4H3. The number of aromatic nitrogens is 2. The SMILES string of the molecule is CC(C)CCOC(C)C(=O)N1CCN(C(=O)c2ccnn2C2CCC2)C(C)C1. The summed E-state index contributed by atoms with van der Waals surface area (Å²) in [6.45, 7) is 10.3. The van der Waals surface area contributed by atoms with E-state index in [9.17, 15) is 9.59 Å². The van der Waals surface area contributed by atoms with Gasteiger partial charge in [0.25, 0.3) is 11.8 Å². The number of hydrogen-bond donors (Lipinski definition) is 0. The Balaban J connectivity index is 1.55. The Kier molecular flexibility index (Phi) is 6.75. The van der Waals surface area contributed by atoms with Gasteiger partial charge < -0.3 is 14.5 Å². The van der Waals surface area contributed by atoms with Crippen molar-refractivity contribution < 1.29 is 14.3 Å². The van der Waals surface area contributed by atoms with E-state index in [1.54, 1.807) is 6.20 Å². The predicted octanol–water partition coefficient (Wildman–Crippen LogP) is 2.73. The Hall–Kier alpha value is -1.89. The summed E-state index contributed by atoms with van der Waals surface area (Å²) in [5.41, 5.74) is 0.668. The summed E-state index contributed by atoms with van der Waals surface area (Å²) >= 11 is 0. The van der Waals surface area contributed by atoms with Crippen molar-refractivity contribution in [3.8, 4) is 0 Å². The van der Waals surface area contributed by atoms with E-state index in [1.165, 1.54) is 6.42 Å². The summed E-state index contributed by atoms with van der Waals surface area (Å²) < 4.78 is 7.60. The van der Waals surface area contributed by atoms with Gasteiger partial charge in [-0.1, -0.05) is 13.8 Å². The first-order valence-corrected chi connectivity index (χ1v) is 10.6. The minimum Gasteiger partial charge on any atom is -0.369 e. The van der Waals surface area contributed by atoms with Crippen LogP contribution >= 0.6 is 0 Å². The molecule has 2 atom stereocenters. The molecular weight excluding hydrogens is 356 g/mol. The van der Waals surface area contributed by atoms with Gasteiger partial charge in [-0.3, -0.25) is 14.3 Å². The third-order valence-corrected chi connectivity index (χ3v) is 5.92. The van der Waals surface area contributed by atoms with Crippen LogP contribution in [0.2, 0.25) is 0 Å². The zero-order valence-corrected chi connectivity index (χ0v) is 17.6. The number of nitrogens with zero attached hydrogens (tertiary/aromatic N) is 4. The van der Waals surface area contributed by atoms with Crippen LogP contribution in [0.4, 0.5) is 0 Å². The van der Waals surface area contributed by atoms with Gasteiger partial charge in [-0.2, -0.15) is 5.10 Å². The summed E-state index contributed by atoms with van der Waals surface area (Å²) in [7, 11) is 0. The van der Waals surface area contributed by atoms with Gasteiger partial charge in [0.2, 0.25) is 0 Å². The molecule has 0 aromatic carbocycles. The second-order valence-corrected chi connectivity index (χ2v) is 8.57. The first-order valence-electron chi connectivity index (χ1n) is 10.6. The van der Waals surface area contributed by atoms with E-state index in [0.29, 0.717) is 43.9 Å². The van der Waals surface area contributed by atoms with Crippen LogP contribution in [0, 0.1) is 5.92 Å². The highest BCUT2D eigenvalue weighted by molar-refractivity contribution is 5.93. The molecule has 3 rings (SSSR count). The highest BCUT2D eigenvalue weighted by Crippen LogP contribution is 2.32. The molecule has 1 saturated heterocycles. The van der Waals surface area contributed by atoms with Crippen LogP contribution in [0.15, 0.2) is 12.3 Å². The first-order chi connectivity index (χ1) is 13.4. The third kappa shape index (κ3) is 4.57. The van der Waals surface area contributed by atoms with Crippen LogP contribution in [0.5, 0.6) is 0 Å². The zero-order chi connectivity index (χ0) is 20.3. The maximum Gasteiger partial charge on any atom is 0.272 e. The summed E-state index contributed by atoms with van der Waals surface area (Å²) in [5, 5.41) is 4.37. The zero-order valence-electron chi connectivity index (χ0n) is 17.6. The second-order valence-electron chi connectivity index (χ2n) is 8.57. The lowest BCUT2D eigenvalue weighted by atomic mass is 9.93. The number of amides is 2. The van der Waals surface area contributed by atoms with Crippen molar-refractivity contribution in [2.45, 2.75) is 71.6 Å². The van der Waals surface area contributed by atoms with E-state index < -0.39 is 6.10 Å². The van der Waals surface area contributed by atoms with Crippen LogP contribution < -0.4 is 0 Å². The molecular formula is C21H34N4O3. The number of hydrogen-bond acceptors (Lipinski definition) is 4. The van der Waals surface area contributed by atoms with Crippen molar-refractivity contribution in [1.29, 1.82) is 0 Å². The predicted molar refractivity (Wildman–Crippen MR) is 107 cm³/mol. The molecule has 2 heterocycles. The van der Waals surface area contributed by atoms with Crippen LogP contribution in [0.3, 0.4) is 0 Å². The van der Waals surface area contributed by atoms with Gasteiger partial charge in [0, 0.05) is 38.5 Å². The number of rotatable bonds is 7. The number of piperazine rings is 1. The van der Waals surface area contributed by atoms with Crippen molar-refractivity contribution in [1.82, 2.24) is 19.6 Å². The number of carbonyl (C=O) groups is 2. The van der Waals surface area contributed by atoms with Gasteiger partial charge in [0.1, 0.15) is 11.8 Å². The molecule has 2 aliphatic rings. The minimum atomic E-state index is -0.437. The fourth-order valence-corrected chi connectivity index (χ4v) is 3.82. The molecule has 7 heteroatoms. The lowest BCUT2D eigenvalue weighted by Crippen LogP contribution is -2.57. The summed E-state index contributed by atoms with van der Waals surface area (Å²) in [5.74, 6) is 0.595. The molecule has 28 heavy (non-hydrogen) atoms. The largest absolute Gasteiger partial charge is 0.369 e. The van der Waals surface area contributed by atoms with E-state index in [2.05, 4.69) is 18.9 Å². The molecule has 1 aliphatic carbocycles. The minimum absolute atomic E-state index is 0.0159. The fraction of sp³-hybridized carbons (Fsp3) is 0.762. The van der Waals surface area contributed by atoms with Gasteiger partial charge >= 0.3 is 0 Å². The summed E-state index contributed by atoms with van der Waals surface area (Å²) in [6.07, 6.45) is 5.61. The summed E-state index contributed by atoms with van der Waals surface area (Å²) in [6, 6.07) is 2.14. The average molecular weight is 391 g/mol. The molecule has 2 fully saturated rings. The molecule has 7 nitrogen and oxygen atoms in total. The van der Waals surface area contributed by atoms with Crippen LogP contribution in [0.1, 0.15) is 69.9 Å². The van der Waals surface area contributed by atoms with Crippen molar-refractivity contribution in [3.05, 3.63) is 18.0 Å². The molecule has 1 aliphatic heterocycles. The van der Waals surface area contributed by atoms with E-state index in [0.717, 1.165) is 19.3 Å². The van der Waals surface area contributed by atoms with Gasteiger partial charge in [-0.25, -0.2) is 0 Å². The molecule has 2 unspecified atom stereocenters. The number of carbonyl (C=O) groups excluding carboxylic acids is 2. The molecule has 0 spiro atoms. The Labute approximate surface area is 168 Å². The van der Waals surface area contributed by atoms with Crippen LogP contribution in [-0.4, -0.2) is 69.8 Å². The van der Waals surface area contributed by atoms with Crippen molar-refractivity contribution in [2.24, 2.45) is 5.92 Å². The maximum absolute atomic E-state index is 13.1. The van der Waals surface area contributed by atoms with Crippen molar-refractivity contribution in [3.63, 3.8) is 0 Å². The van der Waals surface area contributed by atoms with Gasteiger partial charge in [0.05, 0.1) is 6.04 Å². The van der Waals surface area contributed by atoms with Crippen molar-refractivity contribution >= 4 is 11.8 Å². The third-order valence-electron chi connectivity index (χ3n) is 5.92. The fourth-order valence-electron chi connectivity index (χ4n) is 3.82. The maximum atomic E-state index is 13.1. The Morgan fingerprint density at radius 3 is 2.61 bits per heavy atom. The van der Waals surface area contributed by atoms with Crippen LogP contribution in [0.25, 0.3) is 0 Å². The van der Waals surface area contributed by atoms with Crippen molar-refractivity contribution in [2.75, 3.05) is 26.2 Å². The lowest BCUT2D eigenvalue weighted by molar-refractivity contribution is -0.145. The van der Waals surface area contributed by atoms with E-state index in [4.69, 9.17) is 4.74 Å². The normalized spacial score (nSPS) is 21.7. The number of ether oxygens (including phenoxy) is 1. The van der Waals surface area contributed by atoms with E-state index >= 15 is 0 Å². The summed E-state index contributed by atoms with van der Waals surface area (Å²) in [4.78, 5) is 29.5. The topological polar surface area (TPSA) is 67.7 Å². The molecule has 1 aromatic heterocycles. The van der Waals surface area contributed by atoms with Crippen LogP contribution in [-0.2, 0) is 9.53 Å². The van der Waals surface area contributed by atoms with Gasteiger partial charge in [-0.05, 0) is 51.5 Å². The highest BCUT2D eigenvalue weighted by atomic mass is 16.5. The average Bonchev–Trinajstić information content (AvgIpc) is 3.07. The smallest absolute Gasteiger partial charge is 0.272 e. The lowest BCUT2D eigenvalue weighted by Gasteiger charge is -2.41. The van der Waals surface area contributed by atoms with E-state index in [-0.39, 0.29) is 17.9 Å². The molecule has 1 aromatic rings.